The average Bonchev–Trinajstić information content (AvgIpc) is 2.33. The van der Waals surface area contributed by atoms with Gasteiger partial charge in [-0.05, 0) is 24.2 Å². The highest BCUT2D eigenvalue weighted by Crippen LogP contribution is 2.08. The van der Waals surface area contributed by atoms with Crippen LogP contribution >= 0.6 is 12.2 Å². The number of benzene rings is 1. The number of nitrogens with zero attached hydrogens (tertiary/aromatic N) is 2. The summed E-state index contributed by atoms with van der Waals surface area (Å²) < 4.78 is 0. The third kappa shape index (κ3) is 2.94. The predicted molar refractivity (Wildman–Crippen MR) is 68.2 cm³/mol. The molecule has 1 aromatic rings. The maximum atomic E-state index is 11.5. The van der Waals surface area contributed by atoms with Gasteiger partial charge in [0.05, 0.1) is 0 Å². The Morgan fingerprint density at radius 1 is 1.35 bits per heavy atom. The van der Waals surface area contributed by atoms with Crippen LogP contribution in [-0.2, 0) is 16.1 Å². The van der Waals surface area contributed by atoms with Gasteiger partial charge in [0.1, 0.15) is 6.54 Å². The summed E-state index contributed by atoms with van der Waals surface area (Å²) in [4.78, 5) is 18.4. The third-order valence-electron chi connectivity index (χ3n) is 2.66. The first-order valence-electron chi connectivity index (χ1n) is 5.44. The van der Waals surface area contributed by atoms with Crippen molar-refractivity contribution in [3.8, 4) is 0 Å². The van der Waals surface area contributed by atoms with Crippen molar-refractivity contribution in [2.45, 2.75) is 6.42 Å². The molecule has 1 amide bonds. The van der Waals surface area contributed by atoms with Gasteiger partial charge in [0.25, 0.3) is 11.1 Å². The van der Waals surface area contributed by atoms with E-state index in [9.17, 15) is 4.79 Å². The highest BCUT2D eigenvalue weighted by atomic mass is 32.1. The Balaban J connectivity index is 1.91. The molecule has 0 unspecified atom stereocenters. The minimum Gasteiger partial charge on any atom is -0.346 e. The van der Waals surface area contributed by atoms with Crippen LogP contribution in [0.5, 0.6) is 0 Å². The molecule has 0 aromatic heterocycles. The molecule has 0 atom stereocenters. The van der Waals surface area contributed by atoms with E-state index < -0.39 is 0 Å². The molecule has 17 heavy (non-hydrogen) atoms. The highest BCUT2D eigenvalue weighted by molar-refractivity contribution is 7.80. The largest absolute Gasteiger partial charge is 0.346 e. The van der Waals surface area contributed by atoms with E-state index in [2.05, 4.69) is 12.1 Å². The Morgan fingerprint density at radius 3 is 2.76 bits per heavy atom. The molecule has 2 rings (SSSR count). The van der Waals surface area contributed by atoms with Gasteiger partial charge in [-0.3, -0.25) is 4.79 Å². The van der Waals surface area contributed by atoms with Crippen molar-refractivity contribution in [2.24, 2.45) is 0 Å². The molecular weight excluding hydrogens is 236 g/mol. The summed E-state index contributed by atoms with van der Waals surface area (Å²) in [5.41, 5.74) is 1.22. The van der Waals surface area contributed by atoms with Crippen molar-refractivity contribution < 1.29 is 9.63 Å². The molecule has 1 heterocycles. The number of carbonyl (C=O) groups excluding carboxylic acids is 1. The van der Waals surface area contributed by atoms with E-state index in [4.69, 9.17) is 17.1 Å². The van der Waals surface area contributed by atoms with Crippen molar-refractivity contribution in [1.82, 2.24) is 9.96 Å². The van der Waals surface area contributed by atoms with E-state index in [0.717, 1.165) is 6.42 Å². The lowest BCUT2D eigenvalue weighted by molar-refractivity contribution is -0.164. The Bertz CT molecular complexity index is 422. The van der Waals surface area contributed by atoms with Crippen LogP contribution in [0.1, 0.15) is 5.56 Å². The van der Waals surface area contributed by atoms with Gasteiger partial charge in [0.15, 0.2) is 0 Å². The molecule has 0 bridgehead atoms. The van der Waals surface area contributed by atoms with Crippen molar-refractivity contribution in [3.05, 3.63) is 35.9 Å². The van der Waals surface area contributed by atoms with Crippen LogP contribution < -0.4 is 0 Å². The monoisotopic (exact) mass is 250 g/mol. The van der Waals surface area contributed by atoms with Crippen LogP contribution in [0, 0.1) is 0 Å². The number of likely N-dealkylation sites (N-methyl/N-ethyl adjacent to an activating group) is 1. The van der Waals surface area contributed by atoms with Crippen molar-refractivity contribution >= 4 is 23.3 Å². The summed E-state index contributed by atoms with van der Waals surface area (Å²) in [5.74, 6) is -0.0772. The van der Waals surface area contributed by atoms with Crippen molar-refractivity contribution in [2.75, 3.05) is 20.1 Å². The summed E-state index contributed by atoms with van der Waals surface area (Å²) in [5, 5.41) is 1.55. The normalized spacial score (nSPS) is 16.1. The van der Waals surface area contributed by atoms with Gasteiger partial charge in [-0.1, -0.05) is 30.3 Å². The molecule has 5 heteroatoms. The van der Waals surface area contributed by atoms with Gasteiger partial charge >= 0.3 is 0 Å². The maximum absolute atomic E-state index is 11.5. The average molecular weight is 250 g/mol. The summed E-state index contributed by atoms with van der Waals surface area (Å²) in [6.45, 7) is 0.991. The molecule has 1 aliphatic rings. The number of rotatable bonds is 3. The molecule has 1 saturated heterocycles. The summed E-state index contributed by atoms with van der Waals surface area (Å²) >= 11 is 5.08. The van der Waals surface area contributed by atoms with Gasteiger partial charge < -0.3 is 9.74 Å². The Kier molecular flexibility index (Phi) is 3.58. The minimum absolute atomic E-state index is 0.0772. The van der Waals surface area contributed by atoms with E-state index in [-0.39, 0.29) is 5.91 Å². The molecule has 0 saturated carbocycles. The first-order valence-corrected chi connectivity index (χ1v) is 5.85. The number of hydroxylamine groups is 2. The fourth-order valence-corrected chi connectivity index (χ4v) is 1.90. The van der Waals surface area contributed by atoms with Crippen LogP contribution in [0.25, 0.3) is 0 Å². The first-order chi connectivity index (χ1) is 8.16. The quantitative estimate of drug-likeness (QED) is 0.755. The van der Waals surface area contributed by atoms with Crippen LogP contribution in [0.3, 0.4) is 0 Å². The second kappa shape index (κ2) is 5.14. The topological polar surface area (TPSA) is 32.8 Å². The summed E-state index contributed by atoms with van der Waals surface area (Å²) in [6, 6.07) is 10.1. The Hall–Kier alpha value is -1.62. The number of thiocarbonyl (C=S) groups is 1. The molecule has 4 nitrogen and oxygen atoms in total. The molecular formula is C12H14N2O2S. The molecule has 0 spiro atoms. The molecule has 0 N–H and O–H groups in total. The van der Waals surface area contributed by atoms with E-state index in [0.29, 0.717) is 18.3 Å². The summed E-state index contributed by atoms with van der Waals surface area (Å²) in [6.07, 6.45) is 0.849. The van der Waals surface area contributed by atoms with Gasteiger partial charge in [0, 0.05) is 13.6 Å². The van der Waals surface area contributed by atoms with Crippen molar-refractivity contribution in [1.29, 1.82) is 0 Å². The van der Waals surface area contributed by atoms with Gasteiger partial charge in [-0.25, -0.2) is 0 Å². The fraction of sp³-hybridized carbons (Fsp3) is 0.333. The van der Waals surface area contributed by atoms with Crippen LogP contribution in [0.15, 0.2) is 30.3 Å². The zero-order chi connectivity index (χ0) is 12.3. The molecule has 0 radical (unpaired) electrons. The van der Waals surface area contributed by atoms with Crippen molar-refractivity contribution in [3.63, 3.8) is 0 Å². The number of amides is 1. The van der Waals surface area contributed by atoms with Gasteiger partial charge in [-0.15, -0.1) is 0 Å². The minimum atomic E-state index is -0.0772. The number of hydrogen-bond acceptors (Lipinski definition) is 3. The second-order valence-electron chi connectivity index (χ2n) is 3.91. The molecule has 1 aliphatic heterocycles. The van der Waals surface area contributed by atoms with Gasteiger partial charge in [0.2, 0.25) is 0 Å². The fourth-order valence-electron chi connectivity index (χ4n) is 1.63. The van der Waals surface area contributed by atoms with E-state index in [1.807, 2.05) is 18.2 Å². The zero-order valence-electron chi connectivity index (χ0n) is 9.63. The van der Waals surface area contributed by atoms with Crippen LogP contribution in [-0.4, -0.2) is 41.2 Å². The Labute approximate surface area is 106 Å². The van der Waals surface area contributed by atoms with Gasteiger partial charge in [-0.2, -0.15) is 5.06 Å². The van der Waals surface area contributed by atoms with Crippen LogP contribution in [0.4, 0.5) is 0 Å². The number of carbonyl (C=O) groups is 1. The second-order valence-corrected chi connectivity index (χ2v) is 4.25. The Morgan fingerprint density at radius 2 is 2.06 bits per heavy atom. The van der Waals surface area contributed by atoms with Crippen LogP contribution in [0.2, 0.25) is 0 Å². The summed E-state index contributed by atoms with van der Waals surface area (Å²) in [7, 11) is 1.57. The predicted octanol–water partition coefficient (Wildman–Crippen LogP) is 1.22. The third-order valence-corrected chi connectivity index (χ3v) is 3.00. The smallest absolute Gasteiger partial charge is 0.289 e. The lowest BCUT2D eigenvalue weighted by atomic mass is 10.1. The molecule has 1 fully saturated rings. The van der Waals surface area contributed by atoms with E-state index in [1.54, 1.807) is 11.9 Å². The zero-order valence-corrected chi connectivity index (χ0v) is 10.4. The SMILES string of the molecule is CN1OC(=S)N(CCc2ccccc2)CC1=O. The highest BCUT2D eigenvalue weighted by Gasteiger charge is 2.26. The lowest BCUT2D eigenvalue weighted by Crippen LogP contribution is -2.50. The van der Waals surface area contributed by atoms with E-state index >= 15 is 0 Å². The van der Waals surface area contributed by atoms with E-state index in [1.165, 1.54) is 10.6 Å². The maximum Gasteiger partial charge on any atom is 0.289 e. The molecule has 90 valence electrons. The standard InChI is InChI=1S/C12H14N2O2S/c1-13-11(15)9-14(12(17)16-13)8-7-10-5-3-2-4-6-10/h2-6H,7-9H2,1H3. The molecule has 1 aromatic carbocycles. The first kappa shape index (κ1) is 11.9. The lowest BCUT2D eigenvalue weighted by Gasteiger charge is -2.32. The number of hydrogen-bond donors (Lipinski definition) is 0. The molecule has 0 aliphatic carbocycles.